The summed E-state index contributed by atoms with van der Waals surface area (Å²) in [6.45, 7) is 17.5. The minimum atomic E-state index is -1.35. The summed E-state index contributed by atoms with van der Waals surface area (Å²) in [5.41, 5.74) is -1.22. The first-order chi connectivity index (χ1) is 21.2. The lowest BCUT2D eigenvalue weighted by Crippen LogP contribution is -2.62. The van der Waals surface area contributed by atoms with Crippen LogP contribution in [0.2, 0.25) is 0 Å². The fourth-order valence-electron chi connectivity index (χ4n) is 8.31. The number of ether oxygens (including phenoxy) is 2. The summed E-state index contributed by atoms with van der Waals surface area (Å²) in [5, 5.41) is 10.7. The van der Waals surface area contributed by atoms with Crippen molar-refractivity contribution in [1.29, 1.82) is 0 Å². The van der Waals surface area contributed by atoms with E-state index in [0.29, 0.717) is 37.6 Å². The van der Waals surface area contributed by atoms with Crippen LogP contribution in [0.1, 0.15) is 68.2 Å². The highest BCUT2D eigenvalue weighted by molar-refractivity contribution is 6.04. The van der Waals surface area contributed by atoms with Crippen molar-refractivity contribution in [3.8, 4) is 5.75 Å². The van der Waals surface area contributed by atoms with E-state index in [-0.39, 0.29) is 35.7 Å². The molecule has 0 aliphatic carbocycles. The fraction of sp³-hybridized carbons (Fsp3) is 0.639. The molecule has 45 heavy (non-hydrogen) atoms. The molecule has 0 aromatic heterocycles. The highest BCUT2D eigenvalue weighted by Gasteiger charge is 2.73. The van der Waals surface area contributed by atoms with Crippen LogP contribution < -0.4 is 9.64 Å². The molecular weight excluding hydrogens is 570 g/mol. The lowest BCUT2D eigenvalue weighted by Gasteiger charge is -2.46. The van der Waals surface area contributed by atoms with E-state index in [1.807, 2.05) is 74.2 Å². The van der Waals surface area contributed by atoms with Crippen LogP contribution >= 0.6 is 0 Å². The van der Waals surface area contributed by atoms with E-state index in [4.69, 9.17) is 9.47 Å². The van der Waals surface area contributed by atoms with Crippen LogP contribution in [0.4, 0.5) is 5.69 Å². The maximum Gasteiger partial charge on any atom is 0.249 e. The zero-order valence-corrected chi connectivity index (χ0v) is 28.2. The van der Waals surface area contributed by atoms with Gasteiger partial charge in [0.05, 0.1) is 37.2 Å². The van der Waals surface area contributed by atoms with Crippen LogP contribution in [0.5, 0.6) is 5.75 Å². The Labute approximate surface area is 268 Å². The van der Waals surface area contributed by atoms with E-state index in [0.717, 1.165) is 6.42 Å². The monoisotopic (exact) mass is 621 g/mol. The van der Waals surface area contributed by atoms with Crippen molar-refractivity contribution in [2.75, 3.05) is 31.2 Å². The molecule has 5 rings (SSSR count). The van der Waals surface area contributed by atoms with Gasteiger partial charge in [0.1, 0.15) is 17.4 Å². The predicted molar refractivity (Wildman–Crippen MR) is 174 cm³/mol. The maximum absolute atomic E-state index is 14.9. The van der Waals surface area contributed by atoms with Crippen molar-refractivity contribution in [1.82, 2.24) is 9.80 Å². The number of aliphatic hydroxyl groups is 1. The molecule has 0 bridgehead atoms. The van der Waals surface area contributed by atoms with Crippen molar-refractivity contribution >= 4 is 23.4 Å². The van der Waals surface area contributed by atoms with Crippen LogP contribution in [-0.2, 0) is 19.1 Å². The van der Waals surface area contributed by atoms with E-state index in [9.17, 15) is 19.5 Å². The Morgan fingerprint density at radius 2 is 1.69 bits per heavy atom. The Morgan fingerprint density at radius 1 is 1.00 bits per heavy atom. The zero-order chi connectivity index (χ0) is 32.9. The summed E-state index contributed by atoms with van der Waals surface area (Å²) in [6, 6.07) is 5.76. The van der Waals surface area contributed by atoms with Gasteiger partial charge in [-0.1, -0.05) is 65.3 Å². The third kappa shape index (κ3) is 5.71. The molecule has 246 valence electrons. The van der Waals surface area contributed by atoms with Crippen LogP contribution in [-0.4, -0.2) is 88.3 Å². The number of likely N-dealkylation sites (tertiary alicyclic amines) is 1. The van der Waals surface area contributed by atoms with Gasteiger partial charge in [0.2, 0.25) is 17.7 Å². The molecule has 9 heteroatoms. The van der Waals surface area contributed by atoms with Crippen LogP contribution in [0, 0.1) is 23.2 Å². The van der Waals surface area contributed by atoms with Gasteiger partial charge in [0.25, 0.3) is 0 Å². The van der Waals surface area contributed by atoms with Gasteiger partial charge >= 0.3 is 0 Å². The van der Waals surface area contributed by atoms with Gasteiger partial charge in [-0.2, -0.15) is 0 Å². The molecular formula is C36H51N3O6. The van der Waals surface area contributed by atoms with Gasteiger partial charge in [-0.15, -0.1) is 0 Å². The van der Waals surface area contributed by atoms with Crippen molar-refractivity contribution in [3.05, 3.63) is 48.6 Å². The van der Waals surface area contributed by atoms with Crippen molar-refractivity contribution in [2.45, 2.75) is 97.6 Å². The smallest absolute Gasteiger partial charge is 0.249 e. The molecule has 9 nitrogen and oxygen atoms in total. The van der Waals surface area contributed by atoms with Crippen molar-refractivity contribution < 1.29 is 29.0 Å². The highest BCUT2D eigenvalue weighted by atomic mass is 16.5. The SMILES string of the molecule is CCOc1ccc(N2CC=C[C@H]3O[C@]45C=CCN(C(C)(C)CC(C)(C)C)C(=O)C4N([C@@H](CO)[C@@H](C)CC)C(=O)[C@@H]5[C@H]3C2=O)cc1. The number of rotatable bonds is 9. The number of nitrogens with zero attached hydrogens (tertiary/aromatic N) is 3. The van der Waals surface area contributed by atoms with E-state index < -0.39 is 41.2 Å². The Hall–Kier alpha value is -3.17. The standard InChI is InChI=1S/C36H51N3O6/c1-9-23(3)26(21-40)39-30-33(43)38(35(7,8)22-34(4,5)6)20-12-18-36(30)29(32(39)42)28-27(45-36)13-11-19-37(31(28)41)24-14-16-25(17-15-24)44-10-2/h11-18,23,26-30,40H,9-10,19-22H2,1-8H3/t23-,26-,27+,28-,29-,30?,36-/m0/s1. The van der Waals surface area contributed by atoms with Gasteiger partial charge < -0.3 is 29.3 Å². The topological polar surface area (TPSA) is 99.6 Å². The van der Waals surface area contributed by atoms with Gasteiger partial charge in [0, 0.05) is 24.3 Å². The number of amides is 3. The molecule has 1 aromatic carbocycles. The number of hydrogen-bond acceptors (Lipinski definition) is 6. The predicted octanol–water partition coefficient (Wildman–Crippen LogP) is 4.59. The molecule has 1 unspecified atom stereocenters. The third-order valence-corrected chi connectivity index (χ3v) is 10.1. The van der Waals surface area contributed by atoms with E-state index >= 15 is 0 Å². The van der Waals surface area contributed by atoms with E-state index in [1.54, 1.807) is 9.80 Å². The number of hydrogen-bond donors (Lipinski definition) is 1. The number of aliphatic hydroxyl groups excluding tert-OH is 1. The summed E-state index contributed by atoms with van der Waals surface area (Å²) in [4.78, 5) is 49.4. The Bertz CT molecular complexity index is 1350. The average Bonchev–Trinajstić information content (AvgIpc) is 3.27. The number of benzene rings is 1. The largest absolute Gasteiger partial charge is 0.494 e. The van der Waals surface area contributed by atoms with Gasteiger partial charge in [0.15, 0.2) is 0 Å². The van der Waals surface area contributed by atoms with Crippen molar-refractivity contribution in [2.24, 2.45) is 23.2 Å². The summed E-state index contributed by atoms with van der Waals surface area (Å²) in [5.74, 6) is -1.85. The first-order valence-electron chi connectivity index (χ1n) is 16.5. The second-order valence-electron chi connectivity index (χ2n) is 14.9. The molecule has 2 fully saturated rings. The Balaban J connectivity index is 1.60. The fourth-order valence-corrected chi connectivity index (χ4v) is 8.31. The minimum Gasteiger partial charge on any atom is -0.494 e. The molecule has 0 radical (unpaired) electrons. The van der Waals surface area contributed by atoms with Crippen molar-refractivity contribution in [3.63, 3.8) is 0 Å². The molecule has 1 spiro atoms. The Kier molecular flexibility index (Phi) is 9.01. The summed E-state index contributed by atoms with van der Waals surface area (Å²) in [6.07, 6.45) is 8.39. The van der Waals surface area contributed by atoms with Crippen LogP contribution in [0.3, 0.4) is 0 Å². The molecule has 4 heterocycles. The normalized spacial score (nSPS) is 29.7. The Morgan fingerprint density at radius 3 is 2.29 bits per heavy atom. The van der Waals surface area contributed by atoms with Crippen LogP contribution in [0.15, 0.2) is 48.6 Å². The quantitative estimate of drug-likeness (QED) is 0.405. The van der Waals surface area contributed by atoms with E-state index in [2.05, 4.69) is 34.6 Å². The molecule has 4 aliphatic rings. The second kappa shape index (κ2) is 12.2. The van der Waals surface area contributed by atoms with Gasteiger partial charge in [-0.25, -0.2) is 0 Å². The molecule has 0 saturated carbocycles. The lowest BCUT2D eigenvalue weighted by atomic mass is 9.77. The molecule has 1 N–H and O–H groups in total. The molecule has 7 atom stereocenters. The molecule has 1 aromatic rings. The van der Waals surface area contributed by atoms with E-state index in [1.165, 1.54) is 0 Å². The highest BCUT2D eigenvalue weighted by Crippen LogP contribution is 2.55. The average molecular weight is 622 g/mol. The second-order valence-corrected chi connectivity index (χ2v) is 14.9. The minimum absolute atomic E-state index is 0.0475. The number of carbonyl (C=O) groups excluding carboxylic acids is 3. The summed E-state index contributed by atoms with van der Waals surface area (Å²) >= 11 is 0. The number of carbonyl (C=O) groups is 3. The molecule has 2 saturated heterocycles. The molecule has 3 amide bonds. The van der Waals surface area contributed by atoms with Crippen LogP contribution in [0.25, 0.3) is 0 Å². The summed E-state index contributed by atoms with van der Waals surface area (Å²) < 4.78 is 12.5. The number of fused-ring (bicyclic) bond motifs is 2. The van der Waals surface area contributed by atoms with Gasteiger partial charge in [-0.05, 0) is 62.8 Å². The first kappa shape index (κ1) is 33.2. The summed E-state index contributed by atoms with van der Waals surface area (Å²) in [7, 11) is 0. The third-order valence-electron chi connectivity index (χ3n) is 10.1. The molecule has 4 aliphatic heterocycles. The first-order valence-corrected chi connectivity index (χ1v) is 16.5. The zero-order valence-electron chi connectivity index (χ0n) is 28.2. The maximum atomic E-state index is 14.9. The number of anilines is 1. The van der Waals surface area contributed by atoms with Gasteiger partial charge in [-0.3, -0.25) is 14.4 Å². The lowest BCUT2D eigenvalue weighted by molar-refractivity contribution is -0.155.